The number of anilines is 1. The molecule has 2 aromatic rings. The first-order valence-corrected chi connectivity index (χ1v) is 8.63. The van der Waals surface area contributed by atoms with Crippen LogP contribution in [0.1, 0.15) is 17.5 Å². The number of halogens is 1. The monoisotopic (exact) mass is 373 g/mol. The van der Waals surface area contributed by atoms with Crippen LogP contribution in [-0.2, 0) is 16.2 Å². The lowest BCUT2D eigenvalue weighted by atomic mass is 10.1. The van der Waals surface area contributed by atoms with Crippen LogP contribution in [0.2, 0.25) is 5.02 Å². The molecule has 0 unspecified atom stereocenters. The molecule has 1 fully saturated rings. The highest BCUT2D eigenvalue weighted by atomic mass is 35.5. The van der Waals surface area contributed by atoms with Gasteiger partial charge in [0.1, 0.15) is 0 Å². The van der Waals surface area contributed by atoms with E-state index in [1.807, 2.05) is 31.2 Å². The van der Waals surface area contributed by atoms with E-state index in [1.165, 1.54) is 17.5 Å². The summed E-state index contributed by atoms with van der Waals surface area (Å²) < 4.78 is 0. The second-order valence-corrected chi connectivity index (χ2v) is 6.59. The van der Waals surface area contributed by atoms with E-state index in [-0.39, 0.29) is 18.4 Å². The molecule has 0 radical (unpaired) electrons. The smallest absolute Gasteiger partial charge is 0.350 e. The van der Waals surface area contributed by atoms with E-state index >= 15 is 0 Å². The molecule has 136 valence electrons. The fraction of sp³-hybridized carbons (Fsp3) is 0.263. The van der Waals surface area contributed by atoms with Crippen LogP contribution in [0.5, 0.6) is 0 Å². The van der Waals surface area contributed by atoms with Crippen molar-refractivity contribution in [2.45, 2.75) is 26.1 Å². The molecule has 1 aliphatic rings. The largest absolute Gasteiger partial charge is 0.352 e. The number of hydrogen-bond donors (Lipinski definition) is 1. The van der Waals surface area contributed by atoms with Gasteiger partial charge in [-0.15, -0.1) is 0 Å². The van der Waals surface area contributed by atoms with Crippen molar-refractivity contribution >= 4 is 29.2 Å². The number of hydrogen-bond acceptors (Lipinski definition) is 3. The first-order chi connectivity index (χ1) is 12.4. The van der Waals surface area contributed by atoms with Gasteiger partial charge in [0.2, 0.25) is 5.91 Å². The Morgan fingerprint density at radius 1 is 1.15 bits per heavy atom. The number of amides is 3. The second-order valence-electron chi connectivity index (χ2n) is 6.15. The highest BCUT2D eigenvalue weighted by molar-refractivity contribution is 6.30. The molecular weight excluding hydrogens is 354 g/mol. The lowest BCUT2D eigenvalue weighted by Crippen LogP contribution is -2.38. The predicted molar refractivity (Wildman–Crippen MR) is 99.6 cm³/mol. The van der Waals surface area contributed by atoms with Crippen LogP contribution in [0.4, 0.5) is 10.5 Å². The van der Waals surface area contributed by atoms with Crippen LogP contribution < -0.4 is 10.2 Å². The SMILES string of the molecule is Cc1ccc(CNC(=O)C[C@H]2ON(C)C(=O)N2c2ccc(Cl)cc2)cc1. The molecule has 6 nitrogen and oxygen atoms in total. The Balaban J connectivity index is 1.64. The minimum absolute atomic E-state index is 0.0323. The summed E-state index contributed by atoms with van der Waals surface area (Å²) in [7, 11) is 1.52. The van der Waals surface area contributed by atoms with Crippen molar-refractivity contribution in [3.8, 4) is 0 Å². The molecular formula is C19H20ClN3O3. The number of carbonyl (C=O) groups excluding carboxylic acids is 2. The quantitative estimate of drug-likeness (QED) is 0.872. The van der Waals surface area contributed by atoms with Gasteiger partial charge in [0.15, 0.2) is 6.23 Å². The van der Waals surface area contributed by atoms with E-state index < -0.39 is 6.23 Å². The average Bonchev–Trinajstić information content (AvgIpc) is 2.89. The molecule has 0 spiro atoms. The van der Waals surface area contributed by atoms with E-state index in [4.69, 9.17) is 16.4 Å². The molecule has 26 heavy (non-hydrogen) atoms. The topological polar surface area (TPSA) is 61.9 Å². The number of carbonyl (C=O) groups is 2. The Labute approximate surface area is 157 Å². The normalized spacial score (nSPS) is 16.9. The van der Waals surface area contributed by atoms with Crippen LogP contribution in [0.25, 0.3) is 0 Å². The van der Waals surface area contributed by atoms with Gasteiger partial charge in [0, 0.05) is 24.3 Å². The zero-order chi connectivity index (χ0) is 18.7. The zero-order valence-corrected chi connectivity index (χ0v) is 15.4. The molecule has 0 aliphatic carbocycles. The summed E-state index contributed by atoms with van der Waals surface area (Å²) >= 11 is 5.90. The van der Waals surface area contributed by atoms with E-state index in [0.717, 1.165) is 10.6 Å². The van der Waals surface area contributed by atoms with Gasteiger partial charge in [-0.25, -0.2) is 14.7 Å². The first-order valence-electron chi connectivity index (χ1n) is 8.25. The molecule has 0 saturated carbocycles. The molecule has 2 aromatic carbocycles. The fourth-order valence-corrected chi connectivity index (χ4v) is 2.82. The van der Waals surface area contributed by atoms with E-state index in [9.17, 15) is 9.59 Å². The lowest BCUT2D eigenvalue weighted by Gasteiger charge is -2.20. The van der Waals surface area contributed by atoms with Crippen LogP contribution in [0.3, 0.4) is 0 Å². The predicted octanol–water partition coefficient (Wildman–Crippen LogP) is 3.48. The number of benzene rings is 2. The number of nitrogens with zero attached hydrogens (tertiary/aromatic N) is 2. The maximum Gasteiger partial charge on any atom is 0.350 e. The molecule has 3 amide bonds. The third kappa shape index (κ3) is 4.15. The molecule has 0 bridgehead atoms. The average molecular weight is 374 g/mol. The maximum atomic E-state index is 12.4. The summed E-state index contributed by atoms with van der Waals surface area (Å²) in [6.45, 7) is 2.44. The van der Waals surface area contributed by atoms with Gasteiger partial charge in [0.25, 0.3) is 0 Å². The number of rotatable bonds is 5. The van der Waals surface area contributed by atoms with E-state index in [2.05, 4.69) is 5.32 Å². The summed E-state index contributed by atoms with van der Waals surface area (Å²) in [4.78, 5) is 31.6. The van der Waals surface area contributed by atoms with Gasteiger partial charge < -0.3 is 5.32 Å². The van der Waals surface area contributed by atoms with Crippen LogP contribution >= 0.6 is 11.6 Å². The Morgan fingerprint density at radius 2 is 1.81 bits per heavy atom. The summed E-state index contributed by atoms with van der Waals surface area (Å²) in [5.41, 5.74) is 2.80. The van der Waals surface area contributed by atoms with Crippen molar-refractivity contribution in [1.82, 2.24) is 10.4 Å². The van der Waals surface area contributed by atoms with Crippen LogP contribution in [0, 0.1) is 6.92 Å². The molecule has 1 aliphatic heterocycles. The number of urea groups is 1. The molecule has 1 heterocycles. The number of hydroxylamine groups is 2. The standard InChI is InChI=1S/C19H20ClN3O3/c1-13-3-5-14(6-4-13)12-21-17(24)11-18-23(19(25)22(2)26-18)16-9-7-15(20)8-10-16/h3-10,18H,11-12H2,1-2H3,(H,21,24)/t18-/m1/s1. The zero-order valence-electron chi connectivity index (χ0n) is 14.6. The van der Waals surface area contributed by atoms with Gasteiger partial charge in [-0.05, 0) is 36.8 Å². The number of aryl methyl sites for hydroxylation is 1. The summed E-state index contributed by atoms with van der Waals surface area (Å²) in [5, 5.41) is 4.56. The van der Waals surface area contributed by atoms with Gasteiger partial charge in [0.05, 0.1) is 6.42 Å². The van der Waals surface area contributed by atoms with Crippen LogP contribution in [0.15, 0.2) is 48.5 Å². The van der Waals surface area contributed by atoms with Crippen molar-refractivity contribution in [3.05, 3.63) is 64.7 Å². The molecule has 1 atom stereocenters. The molecule has 7 heteroatoms. The molecule has 1 N–H and O–H groups in total. The number of nitrogens with one attached hydrogen (secondary N) is 1. The Kier molecular flexibility index (Phi) is 5.44. The van der Waals surface area contributed by atoms with Crippen molar-refractivity contribution in [2.75, 3.05) is 11.9 Å². The van der Waals surface area contributed by atoms with Crippen molar-refractivity contribution < 1.29 is 14.4 Å². The first kappa shape index (κ1) is 18.2. The van der Waals surface area contributed by atoms with Gasteiger partial charge in [-0.1, -0.05) is 41.4 Å². The third-order valence-corrected chi connectivity index (χ3v) is 4.37. The van der Waals surface area contributed by atoms with E-state index in [0.29, 0.717) is 17.3 Å². The highest BCUT2D eigenvalue weighted by Crippen LogP contribution is 2.27. The molecule has 3 rings (SSSR count). The van der Waals surface area contributed by atoms with E-state index in [1.54, 1.807) is 24.3 Å². The van der Waals surface area contributed by atoms with Gasteiger partial charge in [-0.3, -0.25) is 9.69 Å². The maximum absolute atomic E-state index is 12.4. The third-order valence-electron chi connectivity index (χ3n) is 4.12. The van der Waals surface area contributed by atoms with Crippen molar-refractivity contribution in [3.63, 3.8) is 0 Å². The lowest BCUT2D eigenvalue weighted by molar-refractivity contribution is -0.133. The van der Waals surface area contributed by atoms with Crippen LogP contribution in [-0.4, -0.2) is 30.3 Å². The van der Waals surface area contributed by atoms with Crippen molar-refractivity contribution in [1.29, 1.82) is 0 Å². The molecule has 1 saturated heterocycles. The minimum atomic E-state index is -0.702. The highest BCUT2D eigenvalue weighted by Gasteiger charge is 2.39. The Bertz CT molecular complexity index is 793. The second kappa shape index (κ2) is 7.76. The van der Waals surface area contributed by atoms with Crippen molar-refractivity contribution in [2.24, 2.45) is 0 Å². The summed E-state index contributed by atoms with van der Waals surface area (Å²) in [6.07, 6.45) is -0.670. The fourth-order valence-electron chi connectivity index (χ4n) is 2.69. The molecule has 0 aromatic heterocycles. The van der Waals surface area contributed by atoms with Gasteiger partial charge in [-0.2, -0.15) is 0 Å². The summed E-state index contributed by atoms with van der Waals surface area (Å²) in [5.74, 6) is -0.197. The Hall–Kier alpha value is -2.57. The summed E-state index contributed by atoms with van der Waals surface area (Å²) in [6, 6.07) is 14.4. The minimum Gasteiger partial charge on any atom is -0.352 e. The van der Waals surface area contributed by atoms with Gasteiger partial charge >= 0.3 is 6.03 Å². The Morgan fingerprint density at radius 3 is 2.46 bits per heavy atom.